The third kappa shape index (κ3) is 4.41. The summed E-state index contributed by atoms with van der Waals surface area (Å²) in [6, 6.07) is 0. The van der Waals surface area contributed by atoms with Crippen molar-refractivity contribution < 1.29 is 9.59 Å². The van der Waals surface area contributed by atoms with Gasteiger partial charge in [-0.05, 0) is 25.8 Å². The molecule has 2 heteroatoms. The third-order valence-corrected chi connectivity index (χ3v) is 3.09. The highest BCUT2D eigenvalue weighted by Crippen LogP contribution is 2.23. The Kier molecular flexibility index (Phi) is 5.48. The third-order valence-electron chi connectivity index (χ3n) is 3.09. The predicted molar refractivity (Wildman–Crippen MR) is 62.8 cm³/mol. The predicted octanol–water partition coefficient (Wildman–Crippen LogP) is 3.31. The van der Waals surface area contributed by atoms with Crippen molar-refractivity contribution in [3.63, 3.8) is 0 Å². The van der Waals surface area contributed by atoms with E-state index in [2.05, 4.69) is 0 Å². The monoisotopic (exact) mass is 210 g/mol. The minimum atomic E-state index is -0.288. The Balaban J connectivity index is 4.19. The van der Waals surface area contributed by atoms with Crippen molar-refractivity contribution in [3.05, 3.63) is 11.6 Å². The molecule has 0 saturated carbocycles. The Bertz CT molecular complexity index is 272. The van der Waals surface area contributed by atoms with Gasteiger partial charge in [-0.25, -0.2) is 0 Å². The van der Waals surface area contributed by atoms with Crippen LogP contribution < -0.4 is 0 Å². The fourth-order valence-corrected chi connectivity index (χ4v) is 1.12. The van der Waals surface area contributed by atoms with Gasteiger partial charge in [0.25, 0.3) is 0 Å². The average molecular weight is 210 g/mol. The van der Waals surface area contributed by atoms with E-state index in [0.29, 0.717) is 12.8 Å². The first kappa shape index (κ1) is 14.1. The fourth-order valence-electron chi connectivity index (χ4n) is 1.12. The minimum absolute atomic E-state index is 0.0813. The maximum atomic E-state index is 11.7. The number of carbonyl (C=O) groups excluding carboxylic acids is 2. The lowest BCUT2D eigenvalue weighted by atomic mass is 9.83. The SMILES string of the molecule is C/C=C(\C)C(=O)CCC(=O)C(C)(C)CC. The zero-order valence-electron chi connectivity index (χ0n) is 10.5. The second kappa shape index (κ2) is 5.84. The zero-order valence-corrected chi connectivity index (χ0v) is 10.5. The molecule has 0 unspecified atom stereocenters. The summed E-state index contributed by atoms with van der Waals surface area (Å²) in [4.78, 5) is 23.2. The minimum Gasteiger partial charge on any atom is -0.299 e. The molecule has 0 spiro atoms. The van der Waals surface area contributed by atoms with Gasteiger partial charge >= 0.3 is 0 Å². The Hall–Kier alpha value is -0.920. The molecule has 0 saturated heterocycles. The van der Waals surface area contributed by atoms with Gasteiger partial charge in [-0.2, -0.15) is 0 Å². The molecule has 0 rings (SSSR count). The van der Waals surface area contributed by atoms with Crippen molar-refractivity contribution in [1.29, 1.82) is 0 Å². The summed E-state index contributed by atoms with van der Waals surface area (Å²) in [7, 11) is 0. The lowest BCUT2D eigenvalue weighted by molar-refractivity contribution is -0.129. The van der Waals surface area contributed by atoms with Crippen LogP contribution >= 0.6 is 0 Å². The van der Waals surface area contributed by atoms with Crippen molar-refractivity contribution in [3.8, 4) is 0 Å². The van der Waals surface area contributed by atoms with Crippen LogP contribution in [0.3, 0.4) is 0 Å². The van der Waals surface area contributed by atoms with Crippen LogP contribution in [-0.2, 0) is 9.59 Å². The lowest BCUT2D eigenvalue weighted by Crippen LogP contribution is -2.23. The van der Waals surface area contributed by atoms with Crippen molar-refractivity contribution in [2.24, 2.45) is 5.41 Å². The molecule has 0 aromatic carbocycles. The standard InChI is InChI=1S/C13H22O2/c1-6-10(3)11(14)8-9-12(15)13(4,5)7-2/h6H,7-9H2,1-5H3/b10-6+. The van der Waals surface area contributed by atoms with E-state index in [1.165, 1.54) is 0 Å². The van der Waals surface area contributed by atoms with Gasteiger partial charge in [0.2, 0.25) is 0 Å². The molecule has 2 nitrogen and oxygen atoms in total. The summed E-state index contributed by atoms with van der Waals surface area (Å²) < 4.78 is 0. The molecule has 0 atom stereocenters. The Labute approximate surface area is 92.8 Å². The summed E-state index contributed by atoms with van der Waals surface area (Å²) in [5, 5.41) is 0. The maximum Gasteiger partial charge on any atom is 0.158 e. The van der Waals surface area contributed by atoms with E-state index in [9.17, 15) is 9.59 Å². The maximum absolute atomic E-state index is 11.7. The molecule has 0 aliphatic rings. The summed E-state index contributed by atoms with van der Waals surface area (Å²) in [5.41, 5.74) is 0.460. The Morgan fingerprint density at radius 2 is 1.73 bits per heavy atom. The lowest BCUT2D eigenvalue weighted by Gasteiger charge is -2.20. The van der Waals surface area contributed by atoms with Crippen LogP contribution in [0.4, 0.5) is 0 Å². The molecule has 0 amide bonds. The smallest absolute Gasteiger partial charge is 0.158 e. The van der Waals surface area contributed by atoms with E-state index in [1.807, 2.05) is 27.7 Å². The van der Waals surface area contributed by atoms with E-state index in [0.717, 1.165) is 12.0 Å². The van der Waals surface area contributed by atoms with Crippen molar-refractivity contribution in [1.82, 2.24) is 0 Å². The van der Waals surface area contributed by atoms with Crippen LogP contribution in [0.5, 0.6) is 0 Å². The van der Waals surface area contributed by atoms with Crippen LogP contribution in [0, 0.1) is 5.41 Å². The van der Waals surface area contributed by atoms with Crippen molar-refractivity contribution >= 4 is 11.6 Å². The summed E-state index contributed by atoms with van der Waals surface area (Å²) in [6.07, 6.45) is 3.32. The van der Waals surface area contributed by atoms with Gasteiger partial charge < -0.3 is 0 Å². The van der Waals surface area contributed by atoms with Crippen molar-refractivity contribution in [2.75, 3.05) is 0 Å². The normalized spacial score (nSPS) is 12.7. The van der Waals surface area contributed by atoms with E-state index >= 15 is 0 Å². The first-order valence-electron chi connectivity index (χ1n) is 5.54. The highest BCUT2D eigenvalue weighted by Gasteiger charge is 2.25. The van der Waals surface area contributed by atoms with Gasteiger partial charge in [0.05, 0.1) is 0 Å². The van der Waals surface area contributed by atoms with Gasteiger partial charge in [-0.1, -0.05) is 26.8 Å². The topological polar surface area (TPSA) is 34.1 Å². The molecule has 0 aromatic rings. The van der Waals surface area contributed by atoms with Crippen LogP contribution in [0.15, 0.2) is 11.6 Å². The van der Waals surface area contributed by atoms with E-state index in [-0.39, 0.29) is 17.0 Å². The molecular formula is C13H22O2. The van der Waals surface area contributed by atoms with Crippen LogP contribution in [-0.4, -0.2) is 11.6 Å². The number of ketones is 2. The van der Waals surface area contributed by atoms with Crippen LogP contribution in [0.2, 0.25) is 0 Å². The molecule has 0 fully saturated rings. The second-order valence-electron chi connectivity index (χ2n) is 4.56. The molecule has 0 aliphatic heterocycles. The largest absolute Gasteiger partial charge is 0.299 e. The summed E-state index contributed by atoms with van der Waals surface area (Å²) in [5.74, 6) is 0.264. The Morgan fingerprint density at radius 3 is 2.13 bits per heavy atom. The Morgan fingerprint density at radius 1 is 1.20 bits per heavy atom. The molecule has 86 valence electrons. The molecule has 0 heterocycles. The molecule has 0 aliphatic carbocycles. The van der Waals surface area contributed by atoms with Crippen molar-refractivity contribution in [2.45, 2.75) is 53.9 Å². The number of rotatable bonds is 6. The van der Waals surface area contributed by atoms with E-state index in [1.54, 1.807) is 13.0 Å². The zero-order chi connectivity index (χ0) is 12.1. The first-order chi connectivity index (χ1) is 6.85. The first-order valence-corrected chi connectivity index (χ1v) is 5.54. The van der Waals surface area contributed by atoms with Gasteiger partial charge in [0.15, 0.2) is 5.78 Å². The van der Waals surface area contributed by atoms with Crippen LogP contribution in [0.25, 0.3) is 0 Å². The summed E-state index contributed by atoms with van der Waals surface area (Å²) >= 11 is 0. The molecule has 0 aromatic heterocycles. The average Bonchev–Trinajstić information content (AvgIpc) is 2.23. The molecule has 0 N–H and O–H groups in total. The number of Topliss-reactive ketones (excluding diaryl/α,β-unsaturated/α-hetero) is 2. The fraction of sp³-hybridized carbons (Fsp3) is 0.692. The molecule has 0 bridgehead atoms. The number of allylic oxidation sites excluding steroid dienone is 2. The second-order valence-corrected chi connectivity index (χ2v) is 4.56. The van der Waals surface area contributed by atoms with Gasteiger partial charge in [0, 0.05) is 18.3 Å². The summed E-state index contributed by atoms with van der Waals surface area (Å²) in [6.45, 7) is 9.49. The van der Waals surface area contributed by atoms with Crippen LogP contribution in [0.1, 0.15) is 53.9 Å². The van der Waals surface area contributed by atoms with Gasteiger partial charge in [-0.15, -0.1) is 0 Å². The van der Waals surface area contributed by atoms with E-state index < -0.39 is 0 Å². The number of carbonyl (C=O) groups is 2. The highest BCUT2D eigenvalue weighted by atomic mass is 16.1. The van der Waals surface area contributed by atoms with E-state index in [4.69, 9.17) is 0 Å². The van der Waals surface area contributed by atoms with Gasteiger partial charge in [0.1, 0.15) is 5.78 Å². The molecule has 0 radical (unpaired) electrons. The molecule has 15 heavy (non-hydrogen) atoms. The number of hydrogen-bond acceptors (Lipinski definition) is 2. The quantitative estimate of drug-likeness (QED) is 0.630. The highest BCUT2D eigenvalue weighted by molar-refractivity contribution is 5.97. The molecular weight excluding hydrogens is 188 g/mol. The number of hydrogen-bond donors (Lipinski definition) is 0. The van der Waals surface area contributed by atoms with Gasteiger partial charge in [-0.3, -0.25) is 9.59 Å².